The number of dihydropyridines is 1. The van der Waals surface area contributed by atoms with E-state index in [-0.39, 0.29) is 5.66 Å². The highest BCUT2D eigenvalue weighted by Gasteiger charge is 2.22. The molecular formula is C13H23N3O. The van der Waals surface area contributed by atoms with Crippen molar-refractivity contribution in [3.05, 3.63) is 11.6 Å². The van der Waals surface area contributed by atoms with E-state index in [1.165, 1.54) is 5.57 Å². The molecule has 4 heteroatoms. The van der Waals surface area contributed by atoms with Gasteiger partial charge < -0.3 is 4.74 Å². The van der Waals surface area contributed by atoms with Crippen LogP contribution in [0.2, 0.25) is 0 Å². The zero-order chi connectivity index (χ0) is 12.1. The number of allylic oxidation sites excluding steroid dienone is 1. The zero-order valence-electron chi connectivity index (χ0n) is 10.9. The molecule has 1 saturated heterocycles. The molecule has 0 aromatic carbocycles. The molecule has 1 fully saturated rings. The minimum Gasteiger partial charge on any atom is -0.379 e. The van der Waals surface area contributed by atoms with Crippen molar-refractivity contribution in [2.45, 2.75) is 25.9 Å². The Bertz CT molecular complexity index is 308. The zero-order valence-corrected chi connectivity index (χ0v) is 10.9. The normalized spacial score (nSPS) is 30.4. The van der Waals surface area contributed by atoms with Gasteiger partial charge >= 0.3 is 0 Å². The van der Waals surface area contributed by atoms with Gasteiger partial charge in [-0.25, -0.2) is 0 Å². The molecule has 1 atom stereocenters. The van der Waals surface area contributed by atoms with Gasteiger partial charge in [-0.1, -0.05) is 6.08 Å². The molecule has 0 aliphatic carbocycles. The Morgan fingerprint density at radius 1 is 1.47 bits per heavy atom. The number of aliphatic imine (C=N–C) groups is 1. The Labute approximate surface area is 104 Å². The highest BCUT2D eigenvalue weighted by Crippen LogP contribution is 2.17. The number of hydrogen-bond donors (Lipinski definition) is 1. The fraction of sp³-hybridized carbons (Fsp3) is 0.769. The molecule has 0 radical (unpaired) electrons. The number of ether oxygens (including phenoxy) is 1. The Morgan fingerprint density at radius 2 is 2.24 bits per heavy atom. The summed E-state index contributed by atoms with van der Waals surface area (Å²) in [4.78, 5) is 7.02. The molecule has 1 N–H and O–H groups in total. The molecule has 0 saturated carbocycles. The first-order valence-electron chi connectivity index (χ1n) is 6.45. The third-order valence-electron chi connectivity index (χ3n) is 3.41. The second-order valence-corrected chi connectivity index (χ2v) is 5.07. The number of nitrogens with zero attached hydrogens (tertiary/aromatic N) is 2. The van der Waals surface area contributed by atoms with Crippen LogP contribution in [-0.2, 0) is 4.74 Å². The molecule has 96 valence electrons. The van der Waals surface area contributed by atoms with Gasteiger partial charge in [0.25, 0.3) is 0 Å². The van der Waals surface area contributed by atoms with Crippen LogP contribution < -0.4 is 5.32 Å². The lowest BCUT2D eigenvalue weighted by Crippen LogP contribution is -2.47. The van der Waals surface area contributed by atoms with E-state index >= 15 is 0 Å². The molecule has 4 nitrogen and oxygen atoms in total. The van der Waals surface area contributed by atoms with Crippen LogP contribution in [0.4, 0.5) is 0 Å². The fourth-order valence-electron chi connectivity index (χ4n) is 2.14. The van der Waals surface area contributed by atoms with Crippen LogP contribution in [0.5, 0.6) is 0 Å². The Kier molecular flexibility index (Phi) is 4.31. The van der Waals surface area contributed by atoms with Crippen molar-refractivity contribution in [1.29, 1.82) is 0 Å². The average molecular weight is 237 g/mol. The summed E-state index contributed by atoms with van der Waals surface area (Å²) in [5.74, 6) is 0. The Hall–Kier alpha value is -0.710. The van der Waals surface area contributed by atoms with Crippen molar-refractivity contribution in [3.63, 3.8) is 0 Å². The summed E-state index contributed by atoms with van der Waals surface area (Å²) < 4.78 is 5.33. The lowest BCUT2D eigenvalue weighted by atomic mass is 10.0. The monoisotopic (exact) mass is 237 g/mol. The van der Waals surface area contributed by atoms with Crippen LogP contribution >= 0.6 is 0 Å². The van der Waals surface area contributed by atoms with Crippen molar-refractivity contribution in [2.24, 2.45) is 4.99 Å². The molecule has 0 aromatic heterocycles. The second-order valence-electron chi connectivity index (χ2n) is 5.07. The van der Waals surface area contributed by atoms with Crippen molar-refractivity contribution >= 4 is 6.21 Å². The molecular weight excluding hydrogens is 214 g/mol. The summed E-state index contributed by atoms with van der Waals surface area (Å²) in [5.41, 5.74) is 1.16. The van der Waals surface area contributed by atoms with Gasteiger partial charge in [0.15, 0.2) is 0 Å². The SMILES string of the molecule is CC1=CCC(C)(NCCN2CCOCC2)N=C1. The van der Waals surface area contributed by atoms with Crippen molar-refractivity contribution in [2.75, 3.05) is 39.4 Å². The smallest absolute Gasteiger partial charge is 0.111 e. The lowest BCUT2D eigenvalue weighted by molar-refractivity contribution is 0.0376. The molecule has 2 heterocycles. The van der Waals surface area contributed by atoms with Crippen LogP contribution in [0.25, 0.3) is 0 Å². The minimum absolute atomic E-state index is 0.105. The Morgan fingerprint density at radius 3 is 2.88 bits per heavy atom. The second kappa shape index (κ2) is 5.76. The number of morpholine rings is 1. The molecule has 1 unspecified atom stereocenters. The van der Waals surface area contributed by atoms with Crippen LogP contribution in [0.15, 0.2) is 16.6 Å². The van der Waals surface area contributed by atoms with E-state index in [1.807, 2.05) is 6.21 Å². The lowest BCUT2D eigenvalue weighted by Gasteiger charge is -2.31. The van der Waals surface area contributed by atoms with Gasteiger partial charge in [0.05, 0.1) is 13.2 Å². The predicted molar refractivity (Wildman–Crippen MR) is 70.5 cm³/mol. The van der Waals surface area contributed by atoms with E-state index in [0.29, 0.717) is 0 Å². The molecule has 2 aliphatic rings. The maximum absolute atomic E-state index is 5.33. The third kappa shape index (κ3) is 3.91. The van der Waals surface area contributed by atoms with Gasteiger partial charge in [-0.05, 0) is 19.4 Å². The van der Waals surface area contributed by atoms with E-state index in [1.54, 1.807) is 0 Å². The topological polar surface area (TPSA) is 36.9 Å². The number of hydrogen-bond acceptors (Lipinski definition) is 4. The van der Waals surface area contributed by atoms with Crippen molar-refractivity contribution in [3.8, 4) is 0 Å². The summed E-state index contributed by atoms with van der Waals surface area (Å²) in [7, 11) is 0. The standard InChI is InChI=1S/C13H23N3O/c1-12-3-4-13(2,15-11-12)14-5-6-16-7-9-17-10-8-16/h3,11,14H,4-10H2,1-2H3. The van der Waals surface area contributed by atoms with Gasteiger partial charge in [0, 0.05) is 38.8 Å². The molecule has 2 rings (SSSR count). The Balaban J connectivity index is 1.69. The van der Waals surface area contributed by atoms with Gasteiger partial charge in [0.1, 0.15) is 5.66 Å². The van der Waals surface area contributed by atoms with E-state index in [0.717, 1.165) is 45.8 Å². The largest absolute Gasteiger partial charge is 0.379 e. The molecule has 0 aromatic rings. The summed E-state index contributed by atoms with van der Waals surface area (Å²) in [6.45, 7) is 10.2. The van der Waals surface area contributed by atoms with Crippen LogP contribution in [0.1, 0.15) is 20.3 Å². The number of rotatable bonds is 4. The first-order valence-corrected chi connectivity index (χ1v) is 6.45. The van der Waals surface area contributed by atoms with Gasteiger partial charge in [-0.15, -0.1) is 0 Å². The van der Waals surface area contributed by atoms with E-state index in [2.05, 4.69) is 35.1 Å². The van der Waals surface area contributed by atoms with Gasteiger partial charge in [0.2, 0.25) is 0 Å². The molecule has 0 spiro atoms. The summed E-state index contributed by atoms with van der Waals surface area (Å²) in [6, 6.07) is 0. The summed E-state index contributed by atoms with van der Waals surface area (Å²) in [5, 5.41) is 3.54. The van der Waals surface area contributed by atoms with E-state index < -0.39 is 0 Å². The van der Waals surface area contributed by atoms with Crippen molar-refractivity contribution < 1.29 is 4.74 Å². The summed E-state index contributed by atoms with van der Waals surface area (Å²) >= 11 is 0. The molecule has 2 aliphatic heterocycles. The summed E-state index contributed by atoms with van der Waals surface area (Å²) in [6.07, 6.45) is 5.19. The first kappa shape index (κ1) is 12.7. The highest BCUT2D eigenvalue weighted by molar-refractivity contribution is 5.79. The van der Waals surface area contributed by atoms with Crippen LogP contribution in [0, 0.1) is 0 Å². The van der Waals surface area contributed by atoms with Crippen LogP contribution in [0.3, 0.4) is 0 Å². The number of nitrogens with one attached hydrogen (secondary N) is 1. The molecule has 0 amide bonds. The van der Waals surface area contributed by atoms with Gasteiger partial charge in [-0.2, -0.15) is 0 Å². The van der Waals surface area contributed by atoms with E-state index in [4.69, 9.17) is 4.74 Å². The third-order valence-corrected chi connectivity index (χ3v) is 3.41. The first-order chi connectivity index (χ1) is 8.18. The maximum atomic E-state index is 5.33. The minimum atomic E-state index is -0.105. The van der Waals surface area contributed by atoms with Crippen LogP contribution in [-0.4, -0.2) is 56.2 Å². The average Bonchev–Trinajstić information content (AvgIpc) is 2.35. The van der Waals surface area contributed by atoms with Crippen molar-refractivity contribution in [1.82, 2.24) is 10.2 Å². The van der Waals surface area contributed by atoms with E-state index in [9.17, 15) is 0 Å². The predicted octanol–water partition coefficient (Wildman–Crippen LogP) is 1.05. The highest BCUT2D eigenvalue weighted by atomic mass is 16.5. The fourth-order valence-corrected chi connectivity index (χ4v) is 2.14. The van der Waals surface area contributed by atoms with Gasteiger partial charge in [-0.3, -0.25) is 15.2 Å². The quantitative estimate of drug-likeness (QED) is 0.794. The molecule has 0 bridgehead atoms. The maximum Gasteiger partial charge on any atom is 0.111 e. The molecule has 17 heavy (non-hydrogen) atoms.